The van der Waals surface area contributed by atoms with E-state index in [1.165, 1.54) is 10.5 Å². The molecule has 5 nitrogen and oxygen atoms in total. The molecule has 1 heterocycles. The van der Waals surface area contributed by atoms with Crippen molar-refractivity contribution in [3.05, 3.63) is 53.9 Å². The van der Waals surface area contributed by atoms with Crippen LogP contribution in [0.3, 0.4) is 0 Å². The number of aromatic nitrogens is 1. The number of amides is 1. The number of rotatable bonds is 5. The van der Waals surface area contributed by atoms with Crippen LogP contribution in [0.2, 0.25) is 0 Å². The van der Waals surface area contributed by atoms with Gasteiger partial charge >= 0.3 is 0 Å². The first kappa shape index (κ1) is 14.8. The average molecular weight is 284 g/mol. The molecule has 0 spiro atoms. The van der Waals surface area contributed by atoms with Gasteiger partial charge in [0.25, 0.3) is 5.91 Å². The second-order valence-electron chi connectivity index (χ2n) is 5.04. The van der Waals surface area contributed by atoms with E-state index in [1.54, 1.807) is 32.4 Å². The molecular formula is C16H20N4O. The molecule has 5 heteroatoms. The maximum atomic E-state index is 11.9. The molecule has 21 heavy (non-hydrogen) atoms. The number of anilines is 2. The van der Waals surface area contributed by atoms with Gasteiger partial charge in [-0.1, -0.05) is 6.07 Å². The SMILES string of the molecule is CN(C)C(=O)c1ccc(NCCc2cccnc2)c(N)c1. The number of nitrogens with two attached hydrogens (primary N) is 1. The monoisotopic (exact) mass is 284 g/mol. The quantitative estimate of drug-likeness (QED) is 0.824. The number of carbonyl (C=O) groups excluding carboxylic acids is 1. The molecule has 0 atom stereocenters. The Morgan fingerprint density at radius 3 is 2.76 bits per heavy atom. The predicted octanol–water partition coefficient (Wildman–Crippen LogP) is 2.02. The van der Waals surface area contributed by atoms with Gasteiger partial charge in [-0.05, 0) is 36.2 Å². The molecule has 0 aliphatic carbocycles. The number of nitrogens with zero attached hydrogens (tertiary/aromatic N) is 2. The molecule has 3 N–H and O–H groups in total. The summed E-state index contributed by atoms with van der Waals surface area (Å²) in [4.78, 5) is 17.5. The highest BCUT2D eigenvalue weighted by molar-refractivity contribution is 5.95. The molecule has 0 unspecified atom stereocenters. The number of pyridine rings is 1. The van der Waals surface area contributed by atoms with E-state index in [0.29, 0.717) is 11.3 Å². The fourth-order valence-corrected chi connectivity index (χ4v) is 2.00. The van der Waals surface area contributed by atoms with Crippen molar-refractivity contribution < 1.29 is 4.79 Å². The van der Waals surface area contributed by atoms with Crippen molar-refractivity contribution in [2.45, 2.75) is 6.42 Å². The molecule has 1 aromatic carbocycles. The third-order valence-electron chi connectivity index (χ3n) is 3.16. The summed E-state index contributed by atoms with van der Waals surface area (Å²) in [5.41, 5.74) is 9.18. The first-order valence-corrected chi connectivity index (χ1v) is 6.82. The molecule has 0 fully saturated rings. The van der Waals surface area contributed by atoms with Gasteiger partial charge in [-0.2, -0.15) is 0 Å². The Kier molecular flexibility index (Phi) is 4.77. The van der Waals surface area contributed by atoms with Gasteiger partial charge in [0.1, 0.15) is 0 Å². The third-order valence-corrected chi connectivity index (χ3v) is 3.16. The van der Waals surface area contributed by atoms with Crippen LogP contribution in [0.1, 0.15) is 15.9 Å². The minimum Gasteiger partial charge on any atom is -0.397 e. The Morgan fingerprint density at radius 2 is 2.14 bits per heavy atom. The molecule has 0 saturated carbocycles. The molecule has 110 valence electrons. The minimum atomic E-state index is -0.0522. The average Bonchev–Trinajstić information content (AvgIpc) is 2.49. The largest absolute Gasteiger partial charge is 0.397 e. The lowest BCUT2D eigenvalue weighted by molar-refractivity contribution is 0.0827. The van der Waals surface area contributed by atoms with E-state index in [4.69, 9.17) is 5.73 Å². The van der Waals surface area contributed by atoms with Crippen molar-refractivity contribution >= 4 is 17.3 Å². The highest BCUT2D eigenvalue weighted by Gasteiger charge is 2.09. The molecule has 0 radical (unpaired) electrons. The normalized spacial score (nSPS) is 10.2. The van der Waals surface area contributed by atoms with Gasteiger partial charge in [0.15, 0.2) is 0 Å². The van der Waals surface area contributed by atoms with Gasteiger partial charge in [-0.25, -0.2) is 0 Å². The van der Waals surface area contributed by atoms with Crippen LogP contribution in [0, 0.1) is 0 Å². The molecular weight excluding hydrogens is 264 g/mol. The van der Waals surface area contributed by atoms with Crippen LogP contribution in [0.4, 0.5) is 11.4 Å². The zero-order chi connectivity index (χ0) is 15.2. The molecule has 0 aliphatic heterocycles. The van der Waals surface area contributed by atoms with E-state index in [-0.39, 0.29) is 5.91 Å². The predicted molar refractivity (Wildman–Crippen MR) is 85.3 cm³/mol. The Bertz CT molecular complexity index is 611. The van der Waals surface area contributed by atoms with Crippen LogP contribution in [0.25, 0.3) is 0 Å². The Labute approximate surface area is 124 Å². The van der Waals surface area contributed by atoms with Crippen molar-refractivity contribution in [1.29, 1.82) is 0 Å². The van der Waals surface area contributed by atoms with Crippen LogP contribution in [0.5, 0.6) is 0 Å². The standard InChI is InChI=1S/C16H20N4O/c1-20(2)16(21)13-5-6-15(14(17)10-13)19-9-7-12-4-3-8-18-11-12/h3-6,8,10-11,19H,7,9,17H2,1-2H3. The van der Waals surface area contributed by atoms with Crippen molar-refractivity contribution in [3.8, 4) is 0 Å². The summed E-state index contributed by atoms with van der Waals surface area (Å²) in [7, 11) is 3.44. The molecule has 0 aliphatic rings. The van der Waals surface area contributed by atoms with Crippen molar-refractivity contribution in [2.24, 2.45) is 0 Å². The number of nitrogen functional groups attached to an aromatic ring is 1. The van der Waals surface area contributed by atoms with Gasteiger partial charge in [0.2, 0.25) is 0 Å². The first-order valence-electron chi connectivity index (χ1n) is 6.82. The first-order chi connectivity index (χ1) is 10.1. The number of nitrogens with one attached hydrogen (secondary N) is 1. The molecule has 0 bridgehead atoms. The number of carbonyl (C=O) groups is 1. The lowest BCUT2D eigenvalue weighted by Crippen LogP contribution is -2.21. The van der Waals surface area contributed by atoms with Crippen LogP contribution in [-0.4, -0.2) is 36.4 Å². The number of benzene rings is 1. The van der Waals surface area contributed by atoms with Gasteiger partial charge < -0.3 is 16.0 Å². The molecule has 1 aromatic heterocycles. The van der Waals surface area contributed by atoms with Crippen LogP contribution in [0.15, 0.2) is 42.7 Å². The van der Waals surface area contributed by atoms with E-state index in [2.05, 4.69) is 10.3 Å². The minimum absolute atomic E-state index is 0.0522. The Hall–Kier alpha value is -2.56. The van der Waals surface area contributed by atoms with E-state index in [9.17, 15) is 4.79 Å². The second kappa shape index (κ2) is 6.74. The van der Waals surface area contributed by atoms with Crippen molar-refractivity contribution in [2.75, 3.05) is 31.7 Å². The maximum absolute atomic E-state index is 11.9. The summed E-state index contributed by atoms with van der Waals surface area (Å²) in [6.45, 7) is 0.761. The second-order valence-corrected chi connectivity index (χ2v) is 5.04. The summed E-state index contributed by atoms with van der Waals surface area (Å²) >= 11 is 0. The van der Waals surface area contributed by atoms with E-state index in [0.717, 1.165) is 18.7 Å². The molecule has 0 saturated heterocycles. The zero-order valence-electron chi connectivity index (χ0n) is 12.3. The summed E-state index contributed by atoms with van der Waals surface area (Å²) in [6, 6.07) is 9.29. The summed E-state index contributed by atoms with van der Waals surface area (Å²) in [5.74, 6) is -0.0522. The van der Waals surface area contributed by atoms with Gasteiger partial charge in [-0.3, -0.25) is 9.78 Å². The van der Waals surface area contributed by atoms with E-state index in [1.807, 2.05) is 24.4 Å². The van der Waals surface area contributed by atoms with Crippen LogP contribution in [-0.2, 0) is 6.42 Å². The Morgan fingerprint density at radius 1 is 1.33 bits per heavy atom. The van der Waals surface area contributed by atoms with Gasteiger partial charge in [0.05, 0.1) is 11.4 Å². The smallest absolute Gasteiger partial charge is 0.253 e. The number of hydrogen-bond acceptors (Lipinski definition) is 4. The zero-order valence-corrected chi connectivity index (χ0v) is 12.3. The number of hydrogen-bond donors (Lipinski definition) is 2. The Balaban J connectivity index is 1.97. The van der Waals surface area contributed by atoms with Crippen molar-refractivity contribution in [1.82, 2.24) is 9.88 Å². The summed E-state index contributed by atoms with van der Waals surface area (Å²) in [6.07, 6.45) is 4.48. The fraction of sp³-hybridized carbons (Fsp3) is 0.250. The van der Waals surface area contributed by atoms with Gasteiger partial charge in [0, 0.05) is 38.6 Å². The summed E-state index contributed by atoms with van der Waals surface area (Å²) < 4.78 is 0. The molecule has 2 aromatic rings. The van der Waals surface area contributed by atoms with E-state index >= 15 is 0 Å². The van der Waals surface area contributed by atoms with Crippen LogP contribution >= 0.6 is 0 Å². The van der Waals surface area contributed by atoms with Gasteiger partial charge in [-0.15, -0.1) is 0 Å². The highest BCUT2D eigenvalue weighted by Crippen LogP contribution is 2.20. The highest BCUT2D eigenvalue weighted by atomic mass is 16.2. The fourth-order valence-electron chi connectivity index (χ4n) is 2.00. The summed E-state index contributed by atoms with van der Waals surface area (Å²) in [5, 5.41) is 3.28. The van der Waals surface area contributed by atoms with Crippen molar-refractivity contribution in [3.63, 3.8) is 0 Å². The lowest BCUT2D eigenvalue weighted by atomic mass is 10.1. The lowest BCUT2D eigenvalue weighted by Gasteiger charge is -2.13. The molecule has 2 rings (SSSR count). The molecule has 1 amide bonds. The maximum Gasteiger partial charge on any atom is 0.253 e. The van der Waals surface area contributed by atoms with Crippen LogP contribution < -0.4 is 11.1 Å². The van der Waals surface area contributed by atoms with E-state index < -0.39 is 0 Å². The third kappa shape index (κ3) is 3.95. The topological polar surface area (TPSA) is 71.2 Å².